The third-order valence-electron chi connectivity index (χ3n) is 5.61. The zero-order valence-corrected chi connectivity index (χ0v) is 17.0. The van der Waals surface area contributed by atoms with Gasteiger partial charge in [-0.25, -0.2) is 9.97 Å². The lowest BCUT2D eigenvalue weighted by Crippen LogP contribution is -2.36. The minimum atomic E-state index is 0.377. The number of aromatic nitrogens is 3. The summed E-state index contributed by atoms with van der Waals surface area (Å²) in [4.78, 5) is 14.9. The van der Waals surface area contributed by atoms with E-state index >= 15 is 0 Å². The zero-order valence-electron chi connectivity index (χ0n) is 16.2. The van der Waals surface area contributed by atoms with Crippen molar-refractivity contribution in [3.8, 4) is 11.4 Å². The molecule has 1 fully saturated rings. The normalized spacial score (nSPS) is 19.6. The predicted molar refractivity (Wildman–Crippen MR) is 118 cm³/mol. The van der Waals surface area contributed by atoms with Gasteiger partial charge in [-0.05, 0) is 43.5 Å². The average molecular weight is 410 g/mol. The van der Waals surface area contributed by atoms with Gasteiger partial charge in [-0.15, -0.1) is 0 Å². The molecule has 0 unspecified atom stereocenters. The summed E-state index contributed by atoms with van der Waals surface area (Å²) < 4.78 is 5.44. The van der Waals surface area contributed by atoms with Crippen molar-refractivity contribution in [1.29, 1.82) is 0 Å². The van der Waals surface area contributed by atoms with E-state index in [-0.39, 0.29) is 0 Å². The second kappa shape index (κ2) is 8.05. The number of pyridine rings is 1. The number of hydrogen-bond acceptors (Lipinski definition) is 5. The summed E-state index contributed by atoms with van der Waals surface area (Å²) in [6.45, 7) is 3.42. The Hall–Kier alpha value is -2.57. The van der Waals surface area contributed by atoms with E-state index in [2.05, 4.69) is 56.6 Å². The minimum absolute atomic E-state index is 0.377. The van der Waals surface area contributed by atoms with Crippen LogP contribution in [-0.4, -0.2) is 47.3 Å². The summed E-state index contributed by atoms with van der Waals surface area (Å²) in [5, 5.41) is 4.21. The third kappa shape index (κ3) is 3.82. The number of nitrogens with one attached hydrogen (secondary N) is 2. The van der Waals surface area contributed by atoms with Crippen LogP contribution in [0, 0.1) is 0 Å². The average Bonchev–Trinajstić information content (AvgIpc) is 3.22. The van der Waals surface area contributed by atoms with Crippen LogP contribution in [0.25, 0.3) is 22.6 Å². The molecule has 2 N–H and O–H groups in total. The number of anilines is 2. The number of nitrogens with zero attached hydrogens (tertiary/aromatic N) is 3. The lowest BCUT2D eigenvalue weighted by atomic mass is 10.0. The molecule has 7 heteroatoms. The molecule has 0 radical (unpaired) electrons. The van der Waals surface area contributed by atoms with E-state index in [9.17, 15) is 0 Å². The molecule has 0 spiro atoms. The first-order valence-corrected chi connectivity index (χ1v) is 10.5. The van der Waals surface area contributed by atoms with Gasteiger partial charge in [-0.3, -0.25) is 0 Å². The van der Waals surface area contributed by atoms with Crippen LogP contribution in [0.1, 0.15) is 19.3 Å². The fraction of sp³-hybridized carbons (Fsp3) is 0.364. The summed E-state index contributed by atoms with van der Waals surface area (Å²) in [6, 6.07) is 8.86. The Morgan fingerprint density at radius 3 is 2.72 bits per heavy atom. The molecule has 2 aliphatic rings. The zero-order chi connectivity index (χ0) is 19.6. The molecule has 1 aliphatic carbocycles. The fourth-order valence-corrected chi connectivity index (χ4v) is 4.19. The van der Waals surface area contributed by atoms with Gasteiger partial charge in [0.25, 0.3) is 0 Å². The first-order valence-electron chi connectivity index (χ1n) is 10.2. The lowest BCUT2D eigenvalue weighted by Gasteiger charge is -2.28. The van der Waals surface area contributed by atoms with Crippen LogP contribution in [0.2, 0.25) is 5.02 Å². The van der Waals surface area contributed by atoms with Gasteiger partial charge >= 0.3 is 0 Å². The summed E-state index contributed by atoms with van der Waals surface area (Å²) in [6.07, 6.45) is 9.33. The number of morpholine rings is 1. The predicted octanol–water partition coefficient (Wildman–Crippen LogP) is 4.64. The maximum absolute atomic E-state index is 6.48. The molecule has 3 aromatic rings. The quantitative estimate of drug-likeness (QED) is 0.615. The molecule has 29 heavy (non-hydrogen) atoms. The van der Waals surface area contributed by atoms with E-state index in [4.69, 9.17) is 21.3 Å². The molecule has 3 heterocycles. The summed E-state index contributed by atoms with van der Waals surface area (Å²) in [7, 11) is 0. The highest BCUT2D eigenvalue weighted by atomic mass is 35.5. The van der Waals surface area contributed by atoms with Crippen LogP contribution in [0.15, 0.2) is 42.6 Å². The van der Waals surface area contributed by atoms with Crippen molar-refractivity contribution in [3.05, 3.63) is 47.6 Å². The topological polar surface area (TPSA) is 66.1 Å². The van der Waals surface area contributed by atoms with E-state index in [1.165, 1.54) is 5.69 Å². The highest BCUT2D eigenvalue weighted by Gasteiger charge is 2.18. The van der Waals surface area contributed by atoms with Gasteiger partial charge in [-0.1, -0.05) is 23.8 Å². The molecule has 150 valence electrons. The number of benzene rings is 1. The van der Waals surface area contributed by atoms with Crippen LogP contribution in [-0.2, 0) is 4.74 Å². The number of halogens is 1. The van der Waals surface area contributed by atoms with Crippen molar-refractivity contribution in [2.75, 3.05) is 36.5 Å². The molecule has 1 aromatic carbocycles. The monoisotopic (exact) mass is 409 g/mol. The van der Waals surface area contributed by atoms with E-state index in [0.29, 0.717) is 16.7 Å². The Morgan fingerprint density at radius 2 is 1.97 bits per heavy atom. The van der Waals surface area contributed by atoms with Crippen LogP contribution in [0.5, 0.6) is 0 Å². The van der Waals surface area contributed by atoms with E-state index in [0.717, 1.165) is 68.2 Å². The van der Waals surface area contributed by atoms with E-state index < -0.39 is 0 Å². The van der Waals surface area contributed by atoms with Crippen molar-refractivity contribution < 1.29 is 4.74 Å². The largest absolute Gasteiger partial charge is 0.379 e. The van der Waals surface area contributed by atoms with Crippen LogP contribution in [0.3, 0.4) is 0 Å². The number of ether oxygens (including phenoxy) is 1. The van der Waals surface area contributed by atoms with Gasteiger partial charge in [0, 0.05) is 30.4 Å². The second-order valence-corrected chi connectivity index (χ2v) is 7.94. The number of H-pyrrole nitrogens is 1. The fourth-order valence-electron chi connectivity index (χ4n) is 3.99. The number of imidazole rings is 1. The number of allylic oxidation sites excluding steroid dienone is 1. The van der Waals surface area contributed by atoms with Gasteiger partial charge in [0.1, 0.15) is 11.3 Å². The van der Waals surface area contributed by atoms with Gasteiger partial charge < -0.3 is 19.9 Å². The number of rotatable bonds is 4. The molecular formula is C22H24ClN5O. The minimum Gasteiger partial charge on any atom is -0.379 e. The van der Waals surface area contributed by atoms with Crippen LogP contribution in [0.4, 0.5) is 11.4 Å². The SMILES string of the molecule is Clc1cnc2nc(-c3ccc(N4CCOCC4)cc3)[nH]c2c1N[C@@H]1CC=CCC1. The Labute approximate surface area is 174 Å². The van der Waals surface area contributed by atoms with Crippen molar-refractivity contribution in [2.45, 2.75) is 25.3 Å². The molecule has 5 rings (SSSR count). The Kier molecular flexibility index (Phi) is 5.12. The van der Waals surface area contributed by atoms with E-state index in [1.54, 1.807) is 6.20 Å². The van der Waals surface area contributed by atoms with E-state index in [1.807, 2.05) is 0 Å². The van der Waals surface area contributed by atoms with Crippen molar-refractivity contribution in [3.63, 3.8) is 0 Å². The number of aromatic amines is 1. The first-order chi connectivity index (χ1) is 14.3. The first kappa shape index (κ1) is 18.5. The van der Waals surface area contributed by atoms with Gasteiger partial charge in [0.2, 0.25) is 0 Å². The Morgan fingerprint density at radius 1 is 1.14 bits per heavy atom. The summed E-state index contributed by atoms with van der Waals surface area (Å²) >= 11 is 6.48. The lowest BCUT2D eigenvalue weighted by molar-refractivity contribution is 0.122. The molecule has 1 atom stereocenters. The molecule has 2 aromatic heterocycles. The maximum atomic E-state index is 6.48. The molecule has 1 aliphatic heterocycles. The summed E-state index contributed by atoms with van der Waals surface area (Å²) in [5.74, 6) is 0.801. The third-order valence-corrected chi connectivity index (χ3v) is 5.89. The Balaban J connectivity index is 1.43. The maximum Gasteiger partial charge on any atom is 0.180 e. The summed E-state index contributed by atoms with van der Waals surface area (Å²) in [5.41, 5.74) is 4.67. The highest BCUT2D eigenvalue weighted by Crippen LogP contribution is 2.32. The number of hydrogen-bond donors (Lipinski definition) is 2. The van der Waals surface area contributed by atoms with Crippen molar-refractivity contribution in [1.82, 2.24) is 15.0 Å². The molecule has 0 bridgehead atoms. The number of fused-ring (bicyclic) bond motifs is 1. The molecule has 0 amide bonds. The van der Waals surface area contributed by atoms with Crippen LogP contribution < -0.4 is 10.2 Å². The molecule has 1 saturated heterocycles. The molecule has 0 saturated carbocycles. The van der Waals surface area contributed by atoms with Gasteiger partial charge in [-0.2, -0.15) is 0 Å². The van der Waals surface area contributed by atoms with Crippen LogP contribution >= 0.6 is 11.6 Å². The van der Waals surface area contributed by atoms with Crippen molar-refractivity contribution in [2.24, 2.45) is 0 Å². The van der Waals surface area contributed by atoms with Gasteiger partial charge in [0.05, 0.1) is 30.1 Å². The smallest absolute Gasteiger partial charge is 0.180 e. The molecule has 6 nitrogen and oxygen atoms in total. The Bertz CT molecular complexity index is 1020. The molecular weight excluding hydrogens is 386 g/mol. The van der Waals surface area contributed by atoms with Crippen molar-refractivity contribution >= 4 is 34.1 Å². The highest BCUT2D eigenvalue weighted by molar-refractivity contribution is 6.34. The van der Waals surface area contributed by atoms with Gasteiger partial charge in [0.15, 0.2) is 5.65 Å². The second-order valence-electron chi connectivity index (χ2n) is 7.54. The standard InChI is InChI=1S/C22H24ClN5O/c23-18-14-24-22-20(19(18)25-16-4-2-1-3-5-16)26-21(27-22)15-6-8-17(9-7-15)28-10-12-29-13-11-28/h1-2,6-9,14,16H,3-5,10-13H2,(H2,24,25,26,27)/t16-/m1/s1.